The van der Waals surface area contributed by atoms with Gasteiger partial charge in [0, 0.05) is 12.8 Å². The third-order valence-corrected chi connectivity index (χ3v) is 10.7. The van der Waals surface area contributed by atoms with Crippen LogP contribution in [-0.4, -0.2) is 87.4 Å². The van der Waals surface area contributed by atoms with Crippen LogP contribution in [0.3, 0.4) is 0 Å². The molecule has 0 rings (SSSR count). The van der Waals surface area contributed by atoms with E-state index >= 15 is 0 Å². The molecule has 2 atom stereocenters. The van der Waals surface area contributed by atoms with Crippen molar-refractivity contribution in [2.45, 2.75) is 225 Å². The van der Waals surface area contributed by atoms with Crippen LogP contribution in [0.5, 0.6) is 0 Å². The fraction of sp³-hybridized carbons (Fsp3) is 0.824. The summed E-state index contributed by atoms with van der Waals surface area (Å²) >= 11 is 0. The topological polar surface area (TPSA) is 108 Å². The molecule has 1 N–H and O–H groups in total. The lowest BCUT2D eigenvalue weighted by Crippen LogP contribution is -2.40. The van der Waals surface area contributed by atoms with Gasteiger partial charge in [-0.15, -0.1) is 0 Å². The molecule has 0 aromatic carbocycles. The Hall–Kier alpha value is -2.49. The lowest BCUT2D eigenvalue weighted by molar-refractivity contribution is -0.870. The van der Waals surface area contributed by atoms with E-state index in [4.69, 9.17) is 18.9 Å². The van der Waals surface area contributed by atoms with Crippen molar-refractivity contribution < 1.29 is 42.9 Å². The Morgan fingerprint density at radius 3 is 1.42 bits per heavy atom. The highest BCUT2D eigenvalue weighted by Gasteiger charge is 2.25. The lowest BCUT2D eigenvalue weighted by atomic mass is 10.0. The van der Waals surface area contributed by atoms with E-state index in [0.29, 0.717) is 23.9 Å². The number of quaternary nitrogens is 1. The molecule has 0 aliphatic rings. The molecule has 0 fully saturated rings. The molecule has 0 radical (unpaired) electrons. The molecule has 0 spiro atoms. The molecule has 0 saturated heterocycles. The second-order valence-electron chi connectivity index (χ2n) is 17.8. The van der Waals surface area contributed by atoms with Crippen molar-refractivity contribution in [2.75, 3.05) is 47.5 Å². The van der Waals surface area contributed by atoms with E-state index in [1.165, 1.54) is 109 Å². The highest BCUT2D eigenvalue weighted by molar-refractivity contribution is 5.71. The number of carboxylic acids is 1. The van der Waals surface area contributed by atoms with Gasteiger partial charge in [-0.1, -0.05) is 192 Å². The number of allylic oxidation sites excluding steroid dienone is 6. The van der Waals surface area contributed by atoms with E-state index in [1.54, 1.807) is 0 Å². The number of esters is 2. The normalized spacial score (nSPS) is 13.2. The van der Waals surface area contributed by atoms with Crippen molar-refractivity contribution in [1.29, 1.82) is 0 Å². The highest BCUT2D eigenvalue weighted by Crippen LogP contribution is 2.16. The Balaban J connectivity index is 4.34. The van der Waals surface area contributed by atoms with Crippen molar-refractivity contribution in [2.24, 2.45) is 0 Å². The smallest absolute Gasteiger partial charge is 0.361 e. The molecule has 0 bridgehead atoms. The van der Waals surface area contributed by atoms with Crippen LogP contribution in [0, 0.1) is 0 Å². The average Bonchev–Trinajstić information content (AvgIpc) is 3.21. The van der Waals surface area contributed by atoms with E-state index in [0.717, 1.165) is 70.6 Å². The van der Waals surface area contributed by atoms with Gasteiger partial charge in [0.15, 0.2) is 6.10 Å². The summed E-state index contributed by atoms with van der Waals surface area (Å²) in [6.07, 6.45) is 46.4. The molecular weight excluding hydrogens is 755 g/mol. The van der Waals surface area contributed by atoms with Gasteiger partial charge in [0.25, 0.3) is 6.29 Å². The van der Waals surface area contributed by atoms with E-state index in [2.05, 4.69) is 50.3 Å². The fourth-order valence-corrected chi connectivity index (χ4v) is 6.85. The molecule has 2 unspecified atom stereocenters. The number of hydrogen-bond donors (Lipinski definition) is 1. The Labute approximate surface area is 369 Å². The summed E-state index contributed by atoms with van der Waals surface area (Å²) in [6.45, 7) is 4.76. The molecule has 0 aliphatic heterocycles. The predicted octanol–water partition coefficient (Wildman–Crippen LogP) is 13.4. The number of carbonyl (C=O) groups is 3. The second kappa shape index (κ2) is 43.2. The Kier molecular flexibility index (Phi) is 41.4. The van der Waals surface area contributed by atoms with E-state index in [1.807, 2.05) is 21.1 Å². The molecular formula is C51H94NO8+. The highest BCUT2D eigenvalue weighted by atomic mass is 16.7. The molecule has 350 valence electrons. The molecule has 0 aromatic heterocycles. The molecule has 0 aliphatic carbocycles. The van der Waals surface area contributed by atoms with E-state index in [-0.39, 0.29) is 32.2 Å². The minimum absolute atomic E-state index is 0.185. The van der Waals surface area contributed by atoms with Crippen molar-refractivity contribution in [3.8, 4) is 0 Å². The van der Waals surface area contributed by atoms with Crippen LogP contribution < -0.4 is 0 Å². The van der Waals surface area contributed by atoms with Gasteiger partial charge in [-0.3, -0.25) is 9.59 Å². The van der Waals surface area contributed by atoms with Crippen molar-refractivity contribution >= 4 is 17.9 Å². The maximum absolute atomic E-state index is 12.8. The van der Waals surface area contributed by atoms with Crippen LogP contribution in [-0.2, 0) is 33.3 Å². The molecule has 0 aromatic rings. The van der Waals surface area contributed by atoms with Crippen LogP contribution in [0.2, 0.25) is 0 Å². The Bertz CT molecular complexity index is 1080. The van der Waals surface area contributed by atoms with Crippen molar-refractivity contribution in [1.82, 2.24) is 0 Å². The maximum atomic E-state index is 12.8. The first kappa shape index (κ1) is 57.5. The number of nitrogens with zero attached hydrogens (tertiary/aromatic N) is 1. The third kappa shape index (κ3) is 43.6. The first-order valence-electron chi connectivity index (χ1n) is 24.7. The van der Waals surface area contributed by atoms with Crippen LogP contribution in [0.1, 0.15) is 213 Å². The average molecular weight is 849 g/mol. The molecule has 0 saturated carbocycles. The van der Waals surface area contributed by atoms with Crippen molar-refractivity contribution in [3.63, 3.8) is 0 Å². The molecule has 0 heterocycles. The maximum Gasteiger partial charge on any atom is 0.361 e. The Morgan fingerprint density at radius 2 is 0.950 bits per heavy atom. The molecule has 9 heteroatoms. The minimum atomic E-state index is -1.51. The predicted molar refractivity (Wildman–Crippen MR) is 249 cm³/mol. The first-order chi connectivity index (χ1) is 29.1. The zero-order valence-electron chi connectivity index (χ0n) is 39.6. The van der Waals surface area contributed by atoms with Gasteiger partial charge >= 0.3 is 17.9 Å². The third-order valence-electron chi connectivity index (χ3n) is 10.7. The second-order valence-corrected chi connectivity index (χ2v) is 17.8. The number of hydrogen-bond acceptors (Lipinski definition) is 7. The number of ether oxygens (including phenoxy) is 4. The summed E-state index contributed by atoms with van der Waals surface area (Å²) in [7, 11) is 5.95. The summed E-state index contributed by atoms with van der Waals surface area (Å²) in [5.74, 6) is -2.02. The number of carbonyl (C=O) groups excluding carboxylic acids is 2. The largest absolute Gasteiger partial charge is 0.477 e. The summed E-state index contributed by atoms with van der Waals surface area (Å²) in [5, 5.41) is 9.65. The lowest BCUT2D eigenvalue weighted by Gasteiger charge is -2.25. The van der Waals surface area contributed by atoms with Gasteiger partial charge in [0.1, 0.15) is 13.2 Å². The van der Waals surface area contributed by atoms with Gasteiger partial charge in [-0.05, 0) is 44.9 Å². The van der Waals surface area contributed by atoms with Gasteiger partial charge in [0.05, 0.1) is 34.4 Å². The fourth-order valence-electron chi connectivity index (χ4n) is 6.85. The summed E-state index contributed by atoms with van der Waals surface area (Å²) < 4.78 is 22.8. The summed E-state index contributed by atoms with van der Waals surface area (Å²) in [5.41, 5.74) is 0. The van der Waals surface area contributed by atoms with E-state index < -0.39 is 24.3 Å². The van der Waals surface area contributed by atoms with Crippen LogP contribution in [0.25, 0.3) is 0 Å². The summed E-state index contributed by atoms with van der Waals surface area (Å²) in [6, 6.07) is 0. The number of unbranched alkanes of at least 4 members (excludes halogenated alkanes) is 24. The standard InChI is InChI=1S/C51H93NO8/c1-6-8-10-12-14-16-18-20-22-23-24-25-26-28-29-31-33-35-37-39-41-48(53)58-45-47(46-59-51(50(55)56)57-44-43-52(3,4)5)60-49(54)42-40-38-36-34-32-30-27-21-19-17-15-13-11-9-7-2/h9,11,15,17,21,27,47,51H,6-8,10,12-14,16,18-20,22-26,28-46H2,1-5H3/p+1/b11-9-,17-15-,27-21-. The molecule has 60 heavy (non-hydrogen) atoms. The quantitative estimate of drug-likeness (QED) is 0.0212. The van der Waals surface area contributed by atoms with Gasteiger partial charge in [-0.25, -0.2) is 4.79 Å². The minimum Gasteiger partial charge on any atom is -0.477 e. The summed E-state index contributed by atoms with van der Waals surface area (Å²) in [4.78, 5) is 37.2. The van der Waals surface area contributed by atoms with Gasteiger partial charge in [-0.2, -0.15) is 0 Å². The van der Waals surface area contributed by atoms with Crippen LogP contribution >= 0.6 is 0 Å². The zero-order valence-corrected chi connectivity index (χ0v) is 39.6. The number of likely N-dealkylation sites (N-methyl/N-ethyl adjacent to an activating group) is 1. The zero-order chi connectivity index (χ0) is 44.2. The molecule has 0 amide bonds. The Morgan fingerprint density at radius 1 is 0.517 bits per heavy atom. The van der Waals surface area contributed by atoms with Crippen LogP contribution in [0.4, 0.5) is 0 Å². The number of aliphatic carboxylic acids is 1. The van der Waals surface area contributed by atoms with Gasteiger partial charge in [0.2, 0.25) is 0 Å². The first-order valence-corrected chi connectivity index (χ1v) is 24.7. The van der Waals surface area contributed by atoms with E-state index in [9.17, 15) is 19.5 Å². The SMILES string of the molecule is CC/C=C\C/C=C\C/C=C\CCCCCCCC(=O)OC(COC(=O)CCCCCCCCCCCCCCCCCCCCCC)COC(OCC[N+](C)(C)C)C(=O)O. The van der Waals surface area contributed by atoms with Crippen LogP contribution in [0.15, 0.2) is 36.5 Å². The number of carboxylic acid groups (broad SMARTS) is 1. The van der Waals surface area contributed by atoms with Gasteiger partial charge < -0.3 is 28.5 Å². The molecule has 9 nitrogen and oxygen atoms in total. The van der Waals surface area contributed by atoms with Crippen molar-refractivity contribution in [3.05, 3.63) is 36.5 Å². The monoisotopic (exact) mass is 849 g/mol. The number of rotatable bonds is 45.